The predicted molar refractivity (Wildman–Crippen MR) is 116 cm³/mol. The van der Waals surface area contributed by atoms with Crippen LogP contribution in [0.4, 0.5) is 0 Å². The van der Waals surface area contributed by atoms with Crippen LogP contribution in [0.15, 0.2) is 60.7 Å². The van der Waals surface area contributed by atoms with E-state index in [9.17, 15) is 9.59 Å². The Bertz CT molecular complexity index is 1030. The predicted octanol–water partition coefficient (Wildman–Crippen LogP) is 3.10. The molecule has 6 nitrogen and oxygen atoms in total. The number of hydrogen-bond acceptors (Lipinski definition) is 3. The Balaban J connectivity index is 1.64. The third-order valence-corrected chi connectivity index (χ3v) is 5.55. The number of carbonyl (C=O) groups is 2. The van der Waals surface area contributed by atoms with Crippen molar-refractivity contribution in [2.45, 2.75) is 44.7 Å². The molecule has 0 bridgehead atoms. The van der Waals surface area contributed by atoms with Crippen molar-refractivity contribution in [2.24, 2.45) is 5.73 Å². The lowest BCUT2D eigenvalue weighted by Gasteiger charge is -2.15. The van der Waals surface area contributed by atoms with Crippen molar-refractivity contribution in [1.82, 2.24) is 14.9 Å². The van der Waals surface area contributed by atoms with Crippen LogP contribution in [0.2, 0.25) is 0 Å². The third kappa shape index (κ3) is 4.27. The van der Waals surface area contributed by atoms with Gasteiger partial charge in [0.2, 0.25) is 5.91 Å². The maximum Gasteiger partial charge on any atom is 0.272 e. The van der Waals surface area contributed by atoms with Gasteiger partial charge in [0.25, 0.3) is 5.91 Å². The number of fused-ring (bicyclic) bond motifs is 1. The zero-order valence-corrected chi connectivity index (χ0v) is 16.9. The average Bonchev–Trinajstić information content (AvgIpc) is 2.95. The number of amides is 2. The lowest BCUT2D eigenvalue weighted by atomic mass is 10.1. The van der Waals surface area contributed by atoms with E-state index >= 15 is 0 Å². The molecule has 1 aliphatic heterocycles. The highest BCUT2D eigenvalue weighted by atomic mass is 16.2. The molecule has 1 atom stereocenters. The average molecular weight is 402 g/mol. The van der Waals surface area contributed by atoms with Gasteiger partial charge in [0.15, 0.2) is 0 Å². The lowest BCUT2D eigenvalue weighted by molar-refractivity contribution is -0.119. The SMILES string of the molecule is NC(=O)C(Cc1ccccc1)NC(=O)c1nc(-c2ccccc2)n2c1CCCCC2. The van der Waals surface area contributed by atoms with E-state index in [-0.39, 0.29) is 5.91 Å². The summed E-state index contributed by atoms with van der Waals surface area (Å²) in [6, 6.07) is 18.7. The summed E-state index contributed by atoms with van der Waals surface area (Å²) in [6.45, 7) is 0.836. The van der Waals surface area contributed by atoms with Crippen LogP contribution in [0, 0.1) is 0 Å². The summed E-state index contributed by atoms with van der Waals surface area (Å²) < 4.78 is 2.16. The fourth-order valence-electron chi connectivity index (χ4n) is 4.01. The smallest absolute Gasteiger partial charge is 0.272 e. The Labute approximate surface area is 176 Å². The fraction of sp³-hybridized carbons (Fsp3) is 0.292. The second-order valence-electron chi connectivity index (χ2n) is 7.68. The van der Waals surface area contributed by atoms with Crippen LogP contribution in [0.1, 0.15) is 41.0 Å². The molecule has 2 heterocycles. The molecule has 1 unspecified atom stereocenters. The normalized spacial score (nSPS) is 14.4. The minimum absolute atomic E-state index is 0.345. The molecule has 154 valence electrons. The number of rotatable bonds is 6. The van der Waals surface area contributed by atoms with Gasteiger partial charge < -0.3 is 15.6 Å². The Morgan fingerprint density at radius 3 is 2.40 bits per heavy atom. The van der Waals surface area contributed by atoms with Crippen LogP contribution in [0.5, 0.6) is 0 Å². The first-order valence-corrected chi connectivity index (χ1v) is 10.4. The number of hydrogen-bond donors (Lipinski definition) is 2. The van der Waals surface area contributed by atoms with Gasteiger partial charge in [0.1, 0.15) is 17.6 Å². The Hall–Kier alpha value is -3.41. The van der Waals surface area contributed by atoms with Crippen molar-refractivity contribution < 1.29 is 9.59 Å². The Kier molecular flexibility index (Phi) is 5.93. The van der Waals surface area contributed by atoms with Gasteiger partial charge in [-0.2, -0.15) is 0 Å². The van der Waals surface area contributed by atoms with E-state index < -0.39 is 11.9 Å². The van der Waals surface area contributed by atoms with Gasteiger partial charge in [-0.05, 0) is 24.8 Å². The van der Waals surface area contributed by atoms with Gasteiger partial charge in [-0.25, -0.2) is 4.98 Å². The number of nitrogens with two attached hydrogens (primary N) is 1. The van der Waals surface area contributed by atoms with Gasteiger partial charge in [0, 0.05) is 18.5 Å². The largest absolute Gasteiger partial charge is 0.368 e. The number of carbonyl (C=O) groups excluding carboxylic acids is 2. The second-order valence-corrected chi connectivity index (χ2v) is 7.68. The van der Waals surface area contributed by atoms with Gasteiger partial charge in [0.05, 0.1) is 5.69 Å². The molecular formula is C24H26N4O2. The van der Waals surface area contributed by atoms with Crippen molar-refractivity contribution in [3.63, 3.8) is 0 Å². The number of nitrogens with one attached hydrogen (secondary N) is 1. The fourth-order valence-corrected chi connectivity index (χ4v) is 4.01. The molecule has 0 aliphatic carbocycles. The number of primary amides is 1. The Morgan fingerprint density at radius 2 is 1.70 bits per heavy atom. The minimum atomic E-state index is -0.789. The molecule has 0 radical (unpaired) electrons. The van der Waals surface area contributed by atoms with Crippen LogP contribution in [-0.2, 0) is 24.2 Å². The topological polar surface area (TPSA) is 90.0 Å². The summed E-state index contributed by atoms with van der Waals surface area (Å²) >= 11 is 0. The highest BCUT2D eigenvalue weighted by Gasteiger charge is 2.27. The molecule has 1 aromatic heterocycles. The van der Waals surface area contributed by atoms with Gasteiger partial charge in [-0.15, -0.1) is 0 Å². The van der Waals surface area contributed by atoms with Gasteiger partial charge in [-0.3, -0.25) is 9.59 Å². The molecule has 3 N–H and O–H groups in total. The summed E-state index contributed by atoms with van der Waals surface area (Å²) in [5.74, 6) is -0.0975. The molecule has 1 aliphatic rings. The number of aromatic nitrogens is 2. The van der Waals surface area contributed by atoms with Crippen molar-refractivity contribution >= 4 is 11.8 Å². The number of imidazole rings is 1. The lowest BCUT2D eigenvalue weighted by Crippen LogP contribution is -2.46. The van der Waals surface area contributed by atoms with Crippen LogP contribution >= 0.6 is 0 Å². The first-order chi connectivity index (χ1) is 14.6. The van der Waals surface area contributed by atoms with E-state index in [1.54, 1.807) is 0 Å². The molecule has 0 fully saturated rings. The van der Waals surface area contributed by atoms with Crippen LogP contribution in [0.3, 0.4) is 0 Å². The molecule has 2 amide bonds. The highest BCUT2D eigenvalue weighted by Crippen LogP contribution is 2.27. The van der Waals surface area contributed by atoms with Crippen molar-refractivity contribution in [1.29, 1.82) is 0 Å². The third-order valence-electron chi connectivity index (χ3n) is 5.55. The highest BCUT2D eigenvalue weighted by molar-refractivity contribution is 5.97. The standard InChI is InChI=1S/C24H26N4O2/c25-22(29)19(16-17-10-4-1-5-11-17)26-24(30)21-20-14-8-3-9-15-28(20)23(27-21)18-12-6-2-7-13-18/h1-2,4-7,10-13,19H,3,8-9,14-16H2,(H2,25,29)(H,26,30). The molecular weight excluding hydrogens is 376 g/mol. The van der Waals surface area contributed by atoms with Crippen LogP contribution in [-0.4, -0.2) is 27.4 Å². The molecule has 0 saturated heterocycles. The monoisotopic (exact) mass is 402 g/mol. The molecule has 30 heavy (non-hydrogen) atoms. The summed E-state index contributed by atoms with van der Waals surface area (Å²) in [6.07, 6.45) is 4.34. The minimum Gasteiger partial charge on any atom is -0.368 e. The number of benzene rings is 2. The second kappa shape index (κ2) is 8.95. The molecule has 3 aromatic rings. The first kappa shape index (κ1) is 19.9. The first-order valence-electron chi connectivity index (χ1n) is 10.4. The number of nitrogens with zero attached hydrogens (tertiary/aromatic N) is 2. The van der Waals surface area contributed by atoms with Crippen LogP contribution < -0.4 is 11.1 Å². The van der Waals surface area contributed by atoms with E-state index in [1.165, 1.54) is 0 Å². The van der Waals surface area contributed by atoms with Crippen molar-refractivity contribution in [2.75, 3.05) is 0 Å². The van der Waals surface area contributed by atoms with E-state index in [1.807, 2.05) is 60.7 Å². The van der Waals surface area contributed by atoms with Crippen molar-refractivity contribution in [3.8, 4) is 11.4 Å². The van der Waals surface area contributed by atoms with Gasteiger partial charge >= 0.3 is 0 Å². The maximum atomic E-state index is 13.2. The zero-order chi connectivity index (χ0) is 20.9. The molecule has 2 aromatic carbocycles. The Morgan fingerprint density at radius 1 is 1.00 bits per heavy atom. The quantitative estimate of drug-likeness (QED) is 0.664. The molecule has 6 heteroatoms. The van der Waals surface area contributed by atoms with E-state index in [4.69, 9.17) is 10.7 Å². The summed E-state index contributed by atoms with van der Waals surface area (Å²) in [5, 5.41) is 2.83. The van der Waals surface area contributed by atoms with Crippen LogP contribution in [0.25, 0.3) is 11.4 Å². The maximum absolute atomic E-state index is 13.2. The molecule has 0 saturated carbocycles. The molecule has 0 spiro atoms. The zero-order valence-electron chi connectivity index (χ0n) is 16.9. The summed E-state index contributed by atoms with van der Waals surface area (Å²) in [4.78, 5) is 29.9. The van der Waals surface area contributed by atoms with E-state index in [0.29, 0.717) is 12.1 Å². The molecule has 4 rings (SSSR count). The van der Waals surface area contributed by atoms with Crippen molar-refractivity contribution in [3.05, 3.63) is 77.6 Å². The van der Waals surface area contributed by atoms with Gasteiger partial charge in [-0.1, -0.05) is 67.1 Å². The van der Waals surface area contributed by atoms with E-state index in [2.05, 4.69) is 9.88 Å². The van der Waals surface area contributed by atoms with E-state index in [0.717, 1.165) is 54.9 Å². The summed E-state index contributed by atoms with van der Waals surface area (Å²) in [5.41, 5.74) is 8.85. The summed E-state index contributed by atoms with van der Waals surface area (Å²) in [7, 11) is 0.